The van der Waals surface area contributed by atoms with E-state index in [1.165, 1.54) is 18.4 Å². The van der Waals surface area contributed by atoms with Gasteiger partial charge < -0.3 is 10.2 Å². The molecule has 1 fully saturated rings. The van der Waals surface area contributed by atoms with Gasteiger partial charge in [-0.2, -0.15) is 0 Å². The molecule has 18 heavy (non-hydrogen) atoms. The molecule has 1 N–H and O–H groups in total. The molecule has 2 atom stereocenters. The first-order valence-corrected chi connectivity index (χ1v) is 7.17. The van der Waals surface area contributed by atoms with Crippen molar-refractivity contribution in [3.63, 3.8) is 0 Å². The molecule has 1 heterocycles. The second-order valence-electron chi connectivity index (χ2n) is 5.61. The van der Waals surface area contributed by atoms with E-state index in [1.54, 1.807) is 0 Å². The molecule has 2 unspecified atom stereocenters. The highest BCUT2D eigenvalue weighted by Gasteiger charge is 2.19. The van der Waals surface area contributed by atoms with Crippen LogP contribution in [-0.4, -0.2) is 31.1 Å². The smallest absolute Gasteiger partial charge is 0.0409 e. The van der Waals surface area contributed by atoms with Gasteiger partial charge >= 0.3 is 0 Å². The Hall–Kier alpha value is -0.570. The first kappa shape index (κ1) is 13.9. The van der Waals surface area contributed by atoms with Crippen molar-refractivity contribution in [1.82, 2.24) is 10.2 Å². The molecule has 100 valence electrons. The van der Waals surface area contributed by atoms with Crippen LogP contribution in [0.25, 0.3) is 0 Å². The Morgan fingerprint density at radius 2 is 2.28 bits per heavy atom. The van der Waals surface area contributed by atoms with Crippen molar-refractivity contribution in [2.24, 2.45) is 5.92 Å². The summed E-state index contributed by atoms with van der Waals surface area (Å²) >= 11 is 6.01. The van der Waals surface area contributed by atoms with Gasteiger partial charge in [0.25, 0.3) is 0 Å². The van der Waals surface area contributed by atoms with Crippen LogP contribution >= 0.6 is 11.6 Å². The van der Waals surface area contributed by atoms with Gasteiger partial charge in [0.1, 0.15) is 0 Å². The van der Waals surface area contributed by atoms with Crippen molar-refractivity contribution in [2.75, 3.05) is 20.1 Å². The first-order valence-electron chi connectivity index (χ1n) is 6.80. The van der Waals surface area contributed by atoms with Crippen LogP contribution in [0, 0.1) is 5.92 Å². The van der Waals surface area contributed by atoms with Gasteiger partial charge in [-0.15, -0.1) is 0 Å². The third-order valence-electron chi connectivity index (χ3n) is 3.63. The molecule has 0 amide bonds. The summed E-state index contributed by atoms with van der Waals surface area (Å²) in [6, 6.07) is 8.77. The quantitative estimate of drug-likeness (QED) is 0.901. The van der Waals surface area contributed by atoms with Crippen LogP contribution in [0.4, 0.5) is 0 Å². The van der Waals surface area contributed by atoms with Crippen molar-refractivity contribution in [3.8, 4) is 0 Å². The summed E-state index contributed by atoms with van der Waals surface area (Å²) in [4.78, 5) is 2.38. The van der Waals surface area contributed by atoms with Gasteiger partial charge in [0.05, 0.1) is 0 Å². The van der Waals surface area contributed by atoms with Crippen molar-refractivity contribution in [2.45, 2.75) is 32.4 Å². The molecule has 2 nitrogen and oxygen atoms in total. The Balaban J connectivity index is 1.82. The monoisotopic (exact) mass is 266 g/mol. The summed E-state index contributed by atoms with van der Waals surface area (Å²) in [7, 11) is 2.18. The maximum absolute atomic E-state index is 6.01. The van der Waals surface area contributed by atoms with Gasteiger partial charge in [-0.3, -0.25) is 0 Å². The molecular formula is C15H23ClN2. The lowest BCUT2D eigenvalue weighted by molar-refractivity contribution is 0.230. The minimum absolute atomic E-state index is 0.637. The average Bonchev–Trinajstić information content (AvgIpc) is 2.28. The number of hydrogen-bond acceptors (Lipinski definition) is 2. The largest absolute Gasteiger partial charge is 0.313 e. The highest BCUT2D eigenvalue weighted by atomic mass is 35.5. The molecule has 0 aromatic heterocycles. The molecule has 2 rings (SSSR count). The van der Waals surface area contributed by atoms with Crippen LogP contribution in [0.3, 0.4) is 0 Å². The molecule has 0 bridgehead atoms. The molecule has 0 spiro atoms. The zero-order valence-corrected chi connectivity index (χ0v) is 12.1. The van der Waals surface area contributed by atoms with E-state index in [1.807, 2.05) is 12.1 Å². The summed E-state index contributed by atoms with van der Waals surface area (Å²) in [5.41, 5.74) is 1.29. The van der Waals surface area contributed by atoms with E-state index in [4.69, 9.17) is 11.6 Å². The lowest BCUT2D eigenvalue weighted by Gasteiger charge is -2.31. The summed E-state index contributed by atoms with van der Waals surface area (Å²) in [5, 5.41) is 4.43. The van der Waals surface area contributed by atoms with Crippen molar-refractivity contribution in [1.29, 1.82) is 0 Å². The van der Waals surface area contributed by atoms with Crippen LogP contribution in [0.5, 0.6) is 0 Å². The number of likely N-dealkylation sites (N-methyl/N-ethyl adjacent to an activating group) is 1. The molecule has 1 aliphatic rings. The van der Waals surface area contributed by atoms with Crippen LogP contribution < -0.4 is 5.32 Å². The van der Waals surface area contributed by atoms with Crippen LogP contribution in [0.15, 0.2) is 24.3 Å². The van der Waals surface area contributed by atoms with E-state index in [0.29, 0.717) is 6.04 Å². The lowest BCUT2D eigenvalue weighted by atomic mass is 9.94. The SMILES string of the molecule is CC1CCNC(CN(C)Cc2cccc(Cl)c2)C1. The van der Waals surface area contributed by atoms with E-state index in [9.17, 15) is 0 Å². The Morgan fingerprint density at radius 3 is 3.00 bits per heavy atom. The maximum Gasteiger partial charge on any atom is 0.0409 e. The van der Waals surface area contributed by atoms with Crippen LogP contribution in [0.1, 0.15) is 25.3 Å². The minimum atomic E-state index is 0.637. The van der Waals surface area contributed by atoms with Crippen molar-refractivity contribution in [3.05, 3.63) is 34.9 Å². The van der Waals surface area contributed by atoms with Crippen molar-refractivity contribution >= 4 is 11.6 Å². The van der Waals surface area contributed by atoms with E-state index < -0.39 is 0 Å². The van der Waals surface area contributed by atoms with Gasteiger partial charge in [-0.1, -0.05) is 30.7 Å². The number of nitrogens with zero attached hydrogens (tertiary/aromatic N) is 1. The summed E-state index contributed by atoms with van der Waals surface area (Å²) in [5.74, 6) is 0.857. The zero-order chi connectivity index (χ0) is 13.0. The molecule has 0 radical (unpaired) electrons. The highest BCUT2D eigenvalue weighted by Crippen LogP contribution is 2.17. The Morgan fingerprint density at radius 1 is 1.44 bits per heavy atom. The summed E-state index contributed by atoms with van der Waals surface area (Å²) in [6.07, 6.45) is 2.61. The standard InChI is InChI=1S/C15H23ClN2/c1-12-6-7-17-15(8-12)11-18(2)10-13-4-3-5-14(16)9-13/h3-5,9,12,15,17H,6-8,10-11H2,1-2H3. The number of nitrogens with one attached hydrogen (secondary N) is 1. The normalized spacial score (nSPS) is 24.4. The molecule has 0 aliphatic carbocycles. The van der Waals surface area contributed by atoms with Gasteiger partial charge in [-0.05, 0) is 50.0 Å². The fourth-order valence-corrected chi connectivity index (χ4v) is 2.96. The maximum atomic E-state index is 6.01. The Kier molecular flexibility index (Phi) is 5.04. The first-order chi connectivity index (χ1) is 8.63. The van der Waals surface area contributed by atoms with Crippen molar-refractivity contribution < 1.29 is 0 Å². The molecule has 1 aromatic rings. The van der Waals surface area contributed by atoms with E-state index in [-0.39, 0.29) is 0 Å². The van der Waals surface area contributed by atoms with E-state index >= 15 is 0 Å². The lowest BCUT2D eigenvalue weighted by Crippen LogP contribution is -2.44. The third kappa shape index (κ3) is 4.27. The van der Waals surface area contributed by atoms with Gasteiger partial charge in [0, 0.05) is 24.2 Å². The predicted octanol–water partition coefficient (Wildman–Crippen LogP) is 3.16. The summed E-state index contributed by atoms with van der Waals surface area (Å²) < 4.78 is 0. The minimum Gasteiger partial charge on any atom is -0.313 e. The molecule has 0 saturated carbocycles. The second kappa shape index (κ2) is 6.55. The number of rotatable bonds is 4. The van der Waals surface area contributed by atoms with Gasteiger partial charge in [0.2, 0.25) is 0 Å². The third-order valence-corrected chi connectivity index (χ3v) is 3.87. The highest BCUT2D eigenvalue weighted by molar-refractivity contribution is 6.30. The fraction of sp³-hybridized carbons (Fsp3) is 0.600. The Bertz CT molecular complexity index is 381. The van der Waals surface area contributed by atoms with E-state index in [2.05, 4.69) is 36.3 Å². The molecule has 1 saturated heterocycles. The fourth-order valence-electron chi connectivity index (χ4n) is 2.75. The molecule has 1 aromatic carbocycles. The van der Waals surface area contributed by atoms with E-state index in [0.717, 1.165) is 30.6 Å². The van der Waals surface area contributed by atoms with Gasteiger partial charge in [-0.25, -0.2) is 0 Å². The number of halogens is 1. The average molecular weight is 267 g/mol. The van der Waals surface area contributed by atoms with Crippen LogP contribution in [0.2, 0.25) is 5.02 Å². The second-order valence-corrected chi connectivity index (χ2v) is 6.04. The molecule has 1 aliphatic heterocycles. The number of piperidine rings is 1. The molecular weight excluding hydrogens is 244 g/mol. The Labute approximate surface area is 115 Å². The number of benzene rings is 1. The van der Waals surface area contributed by atoms with Crippen LogP contribution in [-0.2, 0) is 6.54 Å². The zero-order valence-electron chi connectivity index (χ0n) is 11.3. The topological polar surface area (TPSA) is 15.3 Å². The number of hydrogen-bond donors (Lipinski definition) is 1. The predicted molar refractivity (Wildman–Crippen MR) is 78.0 cm³/mol. The summed E-state index contributed by atoms with van der Waals surface area (Å²) in [6.45, 7) is 5.59. The van der Waals surface area contributed by atoms with Gasteiger partial charge in [0.15, 0.2) is 0 Å². The molecule has 3 heteroatoms.